The predicted octanol–water partition coefficient (Wildman–Crippen LogP) is 5.73. The second-order valence-electron chi connectivity index (χ2n) is 7.91. The molecule has 25 heavy (non-hydrogen) atoms. The van der Waals surface area contributed by atoms with E-state index < -0.39 is 0 Å². The molecule has 1 amide bonds. The number of nitrogens with one attached hydrogen (secondary N) is 1. The third-order valence-corrected chi connectivity index (χ3v) is 4.86. The van der Waals surface area contributed by atoms with Crippen LogP contribution in [0.2, 0.25) is 0 Å². The second-order valence-corrected chi connectivity index (χ2v) is 7.91. The molecule has 0 aliphatic heterocycles. The molecule has 0 aromatic heterocycles. The summed E-state index contributed by atoms with van der Waals surface area (Å²) in [6, 6.07) is 0. The maximum Gasteiger partial charge on any atom is 0.225 e. The molecular formula is C22H44N2O. The normalized spacial score (nSPS) is 12.0. The summed E-state index contributed by atoms with van der Waals surface area (Å²) in [5, 5.41) is 2.90. The lowest BCUT2D eigenvalue weighted by atomic mass is 9.85. The van der Waals surface area contributed by atoms with Crippen molar-refractivity contribution in [2.24, 2.45) is 11.1 Å². The molecule has 0 bridgehead atoms. The number of allylic oxidation sites excluding steroid dienone is 2. The van der Waals surface area contributed by atoms with Gasteiger partial charge in [-0.3, -0.25) is 4.79 Å². The van der Waals surface area contributed by atoms with E-state index >= 15 is 0 Å². The van der Waals surface area contributed by atoms with E-state index in [1.54, 1.807) is 0 Å². The molecule has 0 aliphatic rings. The fourth-order valence-corrected chi connectivity index (χ4v) is 3.00. The van der Waals surface area contributed by atoms with Gasteiger partial charge in [-0.1, -0.05) is 84.3 Å². The third-order valence-electron chi connectivity index (χ3n) is 4.86. The SMILES string of the molecule is CCCCCCCCC=CCCCCCCC(C)(C)C(=O)NCCN. The Bertz CT molecular complexity index is 337. The van der Waals surface area contributed by atoms with Crippen LogP contribution in [0.5, 0.6) is 0 Å². The Morgan fingerprint density at radius 1 is 0.880 bits per heavy atom. The van der Waals surface area contributed by atoms with E-state index in [-0.39, 0.29) is 11.3 Å². The minimum atomic E-state index is -0.272. The predicted molar refractivity (Wildman–Crippen MR) is 111 cm³/mol. The molecule has 3 N–H and O–H groups in total. The summed E-state index contributed by atoms with van der Waals surface area (Å²) in [6.07, 6.45) is 21.3. The number of nitrogens with two attached hydrogens (primary N) is 1. The van der Waals surface area contributed by atoms with E-state index in [0.717, 1.165) is 12.8 Å². The van der Waals surface area contributed by atoms with Gasteiger partial charge < -0.3 is 11.1 Å². The largest absolute Gasteiger partial charge is 0.354 e. The molecule has 0 fully saturated rings. The molecule has 3 nitrogen and oxygen atoms in total. The van der Waals surface area contributed by atoms with Crippen LogP contribution in [-0.4, -0.2) is 19.0 Å². The van der Waals surface area contributed by atoms with Gasteiger partial charge in [-0.15, -0.1) is 0 Å². The van der Waals surface area contributed by atoms with Crippen molar-refractivity contribution >= 4 is 5.91 Å². The van der Waals surface area contributed by atoms with Crippen molar-refractivity contribution in [3.63, 3.8) is 0 Å². The zero-order valence-electron chi connectivity index (χ0n) is 17.2. The van der Waals surface area contributed by atoms with Crippen LogP contribution in [0.3, 0.4) is 0 Å². The molecule has 0 saturated carbocycles. The fourth-order valence-electron chi connectivity index (χ4n) is 3.00. The Labute approximate surface area is 157 Å². The lowest BCUT2D eigenvalue weighted by Crippen LogP contribution is -2.39. The monoisotopic (exact) mass is 352 g/mol. The summed E-state index contributed by atoms with van der Waals surface area (Å²) in [5.74, 6) is 0.135. The van der Waals surface area contributed by atoms with E-state index in [4.69, 9.17) is 5.73 Å². The Morgan fingerprint density at radius 3 is 1.96 bits per heavy atom. The minimum Gasteiger partial charge on any atom is -0.354 e. The lowest BCUT2D eigenvalue weighted by Gasteiger charge is -2.23. The first-order valence-electron chi connectivity index (χ1n) is 10.7. The van der Waals surface area contributed by atoms with Crippen molar-refractivity contribution in [1.29, 1.82) is 0 Å². The summed E-state index contributed by atoms with van der Waals surface area (Å²) in [7, 11) is 0. The van der Waals surface area contributed by atoms with Gasteiger partial charge in [0.05, 0.1) is 0 Å². The highest BCUT2D eigenvalue weighted by Gasteiger charge is 2.26. The molecule has 148 valence electrons. The van der Waals surface area contributed by atoms with Gasteiger partial charge in [0.15, 0.2) is 0 Å². The van der Waals surface area contributed by atoms with E-state index in [0.29, 0.717) is 13.1 Å². The summed E-state index contributed by atoms with van der Waals surface area (Å²) < 4.78 is 0. The summed E-state index contributed by atoms with van der Waals surface area (Å²) in [5.41, 5.74) is 5.16. The number of carbonyl (C=O) groups is 1. The molecule has 0 rings (SSSR count). The molecule has 0 heterocycles. The van der Waals surface area contributed by atoms with Crippen molar-refractivity contribution in [3.8, 4) is 0 Å². The molecule has 0 aromatic rings. The lowest BCUT2D eigenvalue weighted by molar-refractivity contribution is -0.129. The fraction of sp³-hybridized carbons (Fsp3) is 0.864. The maximum absolute atomic E-state index is 12.0. The Balaban J connectivity index is 3.45. The smallest absolute Gasteiger partial charge is 0.225 e. The van der Waals surface area contributed by atoms with E-state index in [1.807, 2.05) is 13.8 Å². The second kappa shape index (κ2) is 16.6. The summed E-state index contributed by atoms with van der Waals surface area (Å²) in [6.45, 7) is 7.42. The minimum absolute atomic E-state index is 0.135. The van der Waals surface area contributed by atoms with Crippen molar-refractivity contribution < 1.29 is 4.79 Å². The molecule has 0 saturated heterocycles. The van der Waals surface area contributed by atoms with Gasteiger partial charge in [0.25, 0.3) is 0 Å². The zero-order chi connectivity index (χ0) is 18.8. The van der Waals surface area contributed by atoms with Crippen LogP contribution in [0.4, 0.5) is 0 Å². The first-order valence-corrected chi connectivity index (χ1v) is 10.7. The topological polar surface area (TPSA) is 55.1 Å². The zero-order valence-corrected chi connectivity index (χ0v) is 17.2. The summed E-state index contributed by atoms with van der Waals surface area (Å²) in [4.78, 5) is 12.0. The number of amides is 1. The average molecular weight is 353 g/mol. The van der Waals surface area contributed by atoms with Gasteiger partial charge >= 0.3 is 0 Å². The van der Waals surface area contributed by atoms with E-state index in [9.17, 15) is 4.79 Å². The van der Waals surface area contributed by atoms with Crippen molar-refractivity contribution in [2.75, 3.05) is 13.1 Å². The van der Waals surface area contributed by atoms with Crippen LogP contribution in [0.1, 0.15) is 104 Å². The molecule has 0 unspecified atom stereocenters. The molecule has 3 heteroatoms. The highest BCUT2D eigenvalue weighted by molar-refractivity contribution is 5.81. The molecule has 0 aromatic carbocycles. The molecule has 0 radical (unpaired) electrons. The van der Waals surface area contributed by atoms with Gasteiger partial charge in [-0.25, -0.2) is 0 Å². The van der Waals surface area contributed by atoms with Crippen LogP contribution in [0, 0.1) is 5.41 Å². The van der Waals surface area contributed by atoms with Crippen LogP contribution in [-0.2, 0) is 4.79 Å². The Hall–Kier alpha value is -0.830. The van der Waals surface area contributed by atoms with Crippen LogP contribution in [0.25, 0.3) is 0 Å². The number of hydrogen-bond acceptors (Lipinski definition) is 2. The van der Waals surface area contributed by atoms with Gasteiger partial charge in [0.1, 0.15) is 0 Å². The van der Waals surface area contributed by atoms with E-state index in [2.05, 4.69) is 24.4 Å². The van der Waals surface area contributed by atoms with Crippen LogP contribution in [0.15, 0.2) is 12.2 Å². The van der Waals surface area contributed by atoms with Crippen molar-refractivity contribution in [1.82, 2.24) is 5.32 Å². The van der Waals surface area contributed by atoms with Crippen molar-refractivity contribution in [2.45, 2.75) is 104 Å². The average Bonchev–Trinajstić information content (AvgIpc) is 2.59. The molecule has 0 aliphatic carbocycles. The standard InChI is InChI=1S/C22H44N2O/c1-4-5-6-7-8-9-10-11-12-13-14-15-16-17-18-22(2,3)21(25)24-20-19-23/h11-12H,4-10,13-20,23H2,1-3H3,(H,24,25). The van der Waals surface area contributed by atoms with Crippen LogP contribution < -0.4 is 11.1 Å². The number of hydrogen-bond donors (Lipinski definition) is 2. The molecular weight excluding hydrogens is 308 g/mol. The molecule has 0 atom stereocenters. The quantitative estimate of drug-likeness (QED) is 0.259. The van der Waals surface area contributed by atoms with Gasteiger partial charge in [0.2, 0.25) is 5.91 Å². The highest BCUT2D eigenvalue weighted by atomic mass is 16.2. The molecule has 0 spiro atoms. The van der Waals surface area contributed by atoms with E-state index in [1.165, 1.54) is 70.6 Å². The summed E-state index contributed by atoms with van der Waals surface area (Å²) >= 11 is 0. The van der Waals surface area contributed by atoms with Crippen LogP contribution >= 0.6 is 0 Å². The maximum atomic E-state index is 12.0. The number of unbranched alkanes of at least 4 members (excludes halogenated alkanes) is 10. The number of carbonyl (C=O) groups excluding carboxylic acids is 1. The Kier molecular flexibility index (Phi) is 16.1. The Morgan fingerprint density at radius 2 is 1.40 bits per heavy atom. The van der Waals surface area contributed by atoms with Crippen molar-refractivity contribution in [3.05, 3.63) is 12.2 Å². The van der Waals surface area contributed by atoms with Gasteiger partial charge in [-0.2, -0.15) is 0 Å². The number of rotatable bonds is 17. The third kappa shape index (κ3) is 15.2. The highest BCUT2D eigenvalue weighted by Crippen LogP contribution is 2.24. The first kappa shape index (κ1) is 24.2. The first-order chi connectivity index (χ1) is 12.0. The van der Waals surface area contributed by atoms with Gasteiger partial charge in [-0.05, 0) is 32.1 Å². The van der Waals surface area contributed by atoms with Gasteiger partial charge in [0, 0.05) is 18.5 Å².